The van der Waals surface area contributed by atoms with Crippen LogP contribution >= 0.6 is 0 Å². The van der Waals surface area contributed by atoms with Crippen molar-refractivity contribution in [2.45, 2.75) is 45.2 Å². The summed E-state index contributed by atoms with van der Waals surface area (Å²) in [4.78, 5) is 24.1. The molecule has 2 N–H and O–H groups in total. The van der Waals surface area contributed by atoms with E-state index in [4.69, 9.17) is 0 Å². The van der Waals surface area contributed by atoms with E-state index in [9.17, 15) is 9.59 Å². The number of nitrogens with one attached hydrogen (secondary N) is 2. The van der Waals surface area contributed by atoms with Crippen LogP contribution in [0.25, 0.3) is 0 Å². The molecule has 25 heavy (non-hydrogen) atoms. The van der Waals surface area contributed by atoms with Crippen molar-refractivity contribution < 1.29 is 9.59 Å². The van der Waals surface area contributed by atoms with Crippen LogP contribution in [0.3, 0.4) is 0 Å². The maximum absolute atomic E-state index is 12.6. The van der Waals surface area contributed by atoms with E-state index in [0.717, 1.165) is 24.0 Å². The molecule has 1 aliphatic carbocycles. The molecule has 0 fully saturated rings. The average Bonchev–Trinajstić information content (AvgIpc) is 2.98. The standard InChI is InChI=1S/C21H24N2O2/c1-14-7-9-17(10-8-14)20(22-15(2)24)13-21(25)23-19-12-11-16-5-3-4-6-18(16)19/h3-10,19-20H,11-13H2,1-2H3,(H,22,24)(H,23,25). The Morgan fingerprint density at radius 2 is 1.84 bits per heavy atom. The number of benzene rings is 2. The molecule has 4 heteroatoms. The van der Waals surface area contributed by atoms with Crippen molar-refractivity contribution in [3.05, 3.63) is 70.8 Å². The first kappa shape index (κ1) is 17.2. The van der Waals surface area contributed by atoms with Gasteiger partial charge in [-0.05, 0) is 36.5 Å². The third kappa shape index (κ3) is 4.27. The summed E-state index contributed by atoms with van der Waals surface area (Å²) in [6, 6.07) is 15.9. The van der Waals surface area contributed by atoms with E-state index in [0.29, 0.717) is 0 Å². The van der Waals surface area contributed by atoms with Crippen LogP contribution in [0, 0.1) is 6.92 Å². The lowest BCUT2D eigenvalue weighted by atomic mass is 10.0. The van der Waals surface area contributed by atoms with Gasteiger partial charge in [-0.3, -0.25) is 9.59 Å². The van der Waals surface area contributed by atoms with Gasteiger partial charge in [0.25, 0.3) is 0 Å². The van der Waals surface area contributed by atoms with Crippen LogP contribution in [0.1, 0.15) is 54.1 Å². The van der Waals surface area contributed by atoms with Crippen LogP contribution in [-0.4, -0.2) is 11.8 Å². The average molecular weight is 336 g/mol. The molecule has 3 rings (SSSR count). The zero-order chi connectivity index (χ0) is 17.8. The molecule has 2 atom stereocenters. The van der Waals surface area contributed by atoms with E-state index in [2.05, 4.69) is 22.8 Å². The van der Waals surface area contributed by atoms with E-state index >= 15 is 0 Å². The van der Waals surface area contributed by atoms with Crippen LogP contribution in [0.15, 0.2) is 48.5 Å². The quantitative estimate of drug-likeness (QED) is 0.879. The highest BCUT2D eigenvalue weighted by atomic mass is 16.2. The highest BCUT2D eigenvalue weighted by Gasteiger charge is 2.25. The van der Waals surface area contributed by atoms with E-state index < -0.39 is 0 Å². The Kier molecular flexibility index (Phi) is 5.17. The fourth-order valence-electron chi connectivity index (χ4n) is 3.44. The normalized spacial score (nSPS) is 16.8. The van der Waals surface area contributed by atoms with E-state index in [1.165, 1.54) is 18.1 Å². The molecule has 0 spiro atoms. The van der Waals surface area contributed by atoms with Crippen molar-refractivity contribution in [3.8, 4) is 0 Å². The van der Waals surface area contributed by atoms with Crippen molar-refractivity contribution >= 4 is 11.8 Å². The third-order valence-corrected chi connectivity index (χ3v) is 4.71. The lowest BCUT2D eigenvalue weighted by molar-refractivity contribution is -0.123. The van der Waals surface area contributed by atoms with Crippen LogP contribution < -0.4 is 10.6 Å². The predicted molar refractivity (Wildman–Crippen MR) is 98.0 cm³/mol. The van der Waals surface area contributed by atoms with Crippen molar-refractivity contribution in [3.63, 3.8) is 0 Å². The Morgan fingerprint density at radius 1 is 1.12 bits per heavy atom. The summed E-state index contributed by atoms with van der Waals surface area (Å²) >= 11 is 0. The maximum Gasteiger partial charge on any atom is 0.222 e. The number of fused-ring (bicyclic) bond motifs is 1. The number of rotatable bonds is 5. The summed E-state index contributed by atoms with van der Waals surface area (Å²) in [5.74, 6) is -0.175. The monoisotopic (exact) mass is 336 g/mol. The fraction of sp³-hybridized carbons (Fsp3) is 0.333. The molecule has 2 aromatic rings. The minimum atomic E-state index is -0.310. The van der Waals surface area contributed by atoms with Gasteiger partial charge < -0.3 is 10.6 Å². The minimum absolute atomic E-state index is 0.0407. The molecule has 2 unspecified atom stereocenters. The van der Waals surface area contributed by atoms with Crippen molar-refractivity contribution in [2.75, 3.05) is 0 Å². The van der Waals surface area contributed by atoms with E-state index in [1.807, 2.05) is 43.3 Å². The molecular weight excluding hydrogens is 312 g/mol. The molecule has 0 saturated carbocycles. The Balaban J connectivity index is 1.68. The molecule has 0 heterocycles. The maximum atomic E-state index is 12.6. The summed E-state index contributed by atoms with van der Waals surface area (Å²) in [5.41, 5.74) is 4.62. The van der Waals surface area contributed by atoms with Crippen molar-refractivity contribution in [1.82, 2.24) is 10.6 Å². The molecule has 0 aliphatic heterocycles. The summed E-state index contributed by atoms with van der Waals surface area (Å²) in [5, 5.41) is 6.02. The van der Waals surface area contributed by atoms with Gasteiger partial charge in [0.1, 0.15) is 0 Å². The first-order valence-electron chi connectivity index (χ1n) is 8.74. The minimum Gasteiger partial charge on any atom is -0.349 e. The Labute approximate surface area is 148 Å². The van der Waals surface area contributed by atoms with Gasteiger partial charge in [0, 0.05) is 6.92 Å². The topological polar surface area (TPSA) is 58.2 Å². The smallest absolute Gasteiger partial charge is 0.222 e. The van der Waals surface area contributed by atoms with Gasteiger partial charge in [-0.25, -0.2) is 0 Å². The number of carbonyl (C=O) groups excluding carboxylic acids is 2. The number of hydrogen-bond acceptors (Lipinski definition) is 2. The molecule has 0 aromatic heterocycles. The molecule has 0 radical (unpaired) electrons. The number of amides is 2. The predicted octanol–water partition coefficient (Wildman–Crippen LogP) is 3.37. The summed E-state index contributed by atoms with van der Waals surface area (Å²) in [6.07, 6.45) is 2.16. The van der Waals surface area contributed by atoms with Gasteiger partial charge in [0.2, 0.25) is 11.8 Å². The molecule has 1 aliphatic rings. The summed E-state index contributed by atoms with van der Waals surface area (Å²) in [6.45, 7) is 3.49. The molecule has 2 amide bonds. The first-order chi connectivity index (χ1) is 12.0. The first-order valence-corrected chi connectivity index (χ1v) is 8.74. The van der Waals surface area contributed by atoms with Crippen molar-refractivity contribution in [2.24, 2.45) is 0 Å². The number of hydrogen-bond donors (Lipinski definition) is 2. The summed E-state index contributed by atoms with van der Waals surface area (Å²) in [7, 11) is 0. The van der Waals surface area contributed by atoms with Crippen LogP contribution in [0.2, 0.25) is 0 Å². The zero-order valence-corrected chi connectivity index (χ0v) is 14.7. The highest BCUT2D eigenvalue weighted by molar-refractivity contribution is 5.79. The second-order valence-corrected chi connectivity index (χ2v) is 6.73. The Morgan fingerprint density at radius 3 is 2.56 bits per heavy atom. The van der Waals surface area contributed by atoms with Gasteiger partial charge in [-0.15, -0.1) is 0 Å². The lowest BCUT2D eigenvalue weighted by Gasteiger charge is -2.20. The SMILES string of the molecule is CC(=O)NC(CC(=O)NC1CCc2ccccc21)c1ccc(C)cc1. The highest BCUT2D eigenvalue weighted by Crippen LogP contribution is 2.31. The van der Waals surface area contributed by atoms with Crippen LogP contribution in [-0.2, 0) is 16.0 Å². The van der Waals surface area contributed by atoms with Gasteiger partial charge in [0.15, 0.2) is 0 Å². The zero-order valence-electron chi connectivity index (χ0n) is 14.7. The fourth-order valence-corrected chi connectivity index (χ4v) is 3.44. The van der Waals surface area contributed by atoms with Gasteiger partial charge >= 0.3 is 0 Å². The van der Waals surface area contributed by atoms with Crippen LogP contribution in [0.4, 0.5) is 0 Å². The Hall–Kier alpha value is -2.62. The molecule has 0 bridgehead atoms. The summed E-state index contributed by atoms with van der Waals surface area (Å²) < 4.78 is 0. The molecule has 130 valence electrons. The van der Waals surface area contributed by atoms with Gasteiger partial charge in [0.05, 0.1) is 18.5 Å². The molecule has 2 aromatic carbocycles. The van der Waals surface area contributed by atoms with Crippen LogP contribution in [0.5, 0.6) is 0 Å². The second kappa shape index (κ2) is 7.51. The second-order valence-electron chi connectivity index (χ2n) is 6.73. The number of aryl methyl sites for hydroxylation is 2. The number of carbonyl (C=O) groups is 2. The molecule has 4 nitrogen and oxygen atoms in total. The third-order valence-electron chi connectivity index (χ3n) is 4.71. The molecule has 0 saturated heterocycles. The van der Waals surface area contributed by atoms with Crippen molar-refractivity contribution in [1.29, 1.82) is 0 Å². The van der Waals surface area contributed by atoms with Gasteiger partial charge in [-0.2, -0.15) is 0 Å². The Bertz CT molecular complexity index is 768. The largest absolute Gasteiger partial charge is 0.349 e. The van der Waals surface area contributed by atoms with E-state index in [1.54, 1.807) is 0 Å². The van der Waals surface area contributed by atoms with Gasteiger partial charge in [-0.1, -0.05) is 54.1 Å². The van der Waals surface area contributed by atoms with E-state index in [-0.39, 0.29) is 30.3 Å². The lowest BCUT2D eigenvalue weighted by Crippen LogP contribution is -2.34. The molecular formula is C21H24N2O2.